The van der Waals surface area contributed by atoms with Crippen molar-refractivity contribution in [2.45, 2.75) is 39.0 Å². The van der Waals surface area contributed by atoms with E-state index in [4.69, 9.17) is 0 Å². The third kappa shape index (κ3) is 3.70. The van der Waals surface area contributed by atoms with E-state index in [2.05, 4.69) is 6.92 Å². The molecule has 2 fully saturated rings. The molecule has 0 saturated carbocycles. The SMILES string of the molecule is CC1CCN(C(=O)CC2CCCS(=O)(=O)C2)CC1. The number of rotatable bonds is 2. The van der Waals surface area contributed by atoms with Crippen LogP contribution in [0.5, 0.6) is 0 Å². The minimum absolute atomic E-state index is 0.0515. The highest BCUT2D eigenvalue weighted by Crippen LogP contribution is 2.23. The molecule has 1 unspecified atom stereocenters. The van der Waals surface area contributed by atoms with Crippen molar-refractivity contribution >= 4 is 15.7 Å². The molecule has 2 saturated heterocycles. The first-order valence-electron chi connectivity index (χ1n) is 6.94. The molecule has 1 atom stereocenters. The average molecular weight is 273 g/mol. The van der Waals surface area contributed by atoms with Crippen LogP contribution in [0.25, 0.3) is 0 Å². The number of hydrogen-bond acceptors (Lipinski definition) is 3. The van der Waals surface area contributed by atoms with Crippen LogP contribution in [0.2, 0.25) is 0 Å². The third-order valence-corrected chi connectivity index (χ3v) is 6.05. The summed E-state index contributed by atoms with van der Waals surface area (Å²) in [4.78, 5) is 14.0. The van der Waals surface area contributed by atoms with E-state index in [1.54, 1.807) is 0 Å². The van der Waals surface area contributed by atoms with Gasteiger partial charge in [-0.05, 0) is 37.5 Å². The molecular formula is C13H23NO3S. The number of hydrogen-bond donors (Lipinski definition) is 0. The average Bonchev–Trinajstić information content (AvgIpc) is 2.28. The van der Waals surface area contributed by atoms with E-state index in [1.807, 2.05) is 4.90 Å². The van der Waals surface area contributed by atoms with Gasteiger partial charge in [0, 0.05) is 19.5 Å². The van der Waals surface area contributed by atoms with Crippen LogP contribution in [0.1, 0.15) is 39.0 Å². The number of carbonyl (C=O) groups is 1. The lowest BCUT2D eigenvalue weighted by molar-refractivity contribution is -0.133. The van der Waals surface area contributed by atoms with Crippen LogP contribution in [-0.4, -0.2) is 43.8 Å². The summed E-state index contributed by atoms with van der Waals surface area (Å²) >= 11 is 0. The van der Waals surface area contributed by atoms with Crippen LogP contribution in [-0.2, 0) is 14.6 Å². The maximum Gasteiger partial charge on any atom is 0.222 e. The van der Waals surface area contributed by atoms with Gasteiger partial charge in [-0.1, -0.05) is 6.92 Å². The van der Waals surface area contributed by atoms with E-state index >= 15 is 0 Å². The van der Waals surface area contributed by atoms with Gasteiger partial charge < -0.3 is 4.90 Å². The topological polar surface area (TPSA) is 54.5 Å². The van der Waals surface area contributed by atoms with Crippen molar-refractivity contribution in [1.82, 2.24) is 4.90 Å². The molecule has 2 aliphatic heterocycles. The smallest absolute Gasteiger partial charge is 0.222 e. The number of sulfone groups is 1. The Labute approximate surface area is 110 Å². The normalized spacial score (nSPS) is 29.2. The molecule has 104 valence electrons. The van der Waals surface area contributed by atoms with Gasteiger partial charge in [0.1, 0.15) is 0 Å². The van der Waals surface area contributed by atoms with Gasteiger partial charge in [-0.3, -0.25) is 4.79 Å². The van der Waals surface area contributed by atoms with E-state index < -0.39 is 9.84 Å². The summed E-state index contributed by atoms with van der Waals surface area (Å²) in [5, 5.41) is 0. The number of carbonyl (C=O) groups excluding carboxylic acids is 1. The molecule has 0 aliphatic carbocycles. The first-order valence-corrected chi connectivity index (χ1v) is 8.76. The second kappa shape index (κ2) is 5.59. The standard InChI is InChI=1S/C13H23NO3S/c1-11-4-6-14(7-5-11)13(15)9-12-3-2-8-18(16,17)10-12/h11-12H,2-10H2,1H3. The Morgan fingerprint density at radius 2 is 1.89 bits per heavy atom. The number of nitrogens with zero attached hydrogens (tertiary/aromatic N) is 1. The molecule has 0 spiro atoms. The first kappa shape index (κ1) is 13.8. The predicted octanol–water partition coefficient (Wildman–Crippen LogP) is 1.46. The summed E-state index contributed by atoms with van der Waals surface area (Å²) in [7, 11) is -2.89. The maximum atomic E-state index is 12.1. The monoisotopic (exact) mass is 273 g/mol. The van der Waals surface area contributed by atoms with E-state index in [0.29, 0.717) is 18.1 Å². The lowest BCUT2D eigenvalue weighted by atomic mass is 9.97. The number of likely N-dealkylation sites (tertiary alicyclic amines) is 1. The van der Waals surface area contributed by atoms with Crippen LogP contribution >= 0.6 is 0 Å². The molecule has 2 aliphatic rings. The second-order valence-corrected chi connectivity index (χ2v) is 8.12. The van der Waals surface area contributed by atoms with Crippen molar-refractivity contribution in [1.29, 1.82) is 0 Å². The van der Waals surface area contributed by atoms with Gasteiger partial charge in [0.25, 0.3) is 0 Å². The molecule has 2 heterocycles. The van der Waals surface area contributed by atoms with Gasteiger partial charge in [0.2, 0.25) is 5.91 Å². The summed E-state index contributed by atoms with van der Waals surface area (Å²) in [6.45, 7) is 3.91. The lowest BCUT2D eigenvalue weighted by Gasteiger charge is -2.32. The minimum Gasteiger partial charge on any atom is -0.343 e. The number of piperidine rings is 1. The Morgan fingerprint density at radius 1 is 1.22 bits per heavy atom. The molecule has 5 heteroatoms. The van der Waals surface area contributed by atoms with Crippen LogP contribution in [0.3, 0.4) is 0 Å². The van der Waals surface area contributed by atoms with E-state index in [1.165, 1.54) is 0 Å². The summed E-state index contributed by atoms with van der Waals surface area (Å²) in [6, 6.07) is 0. The summed E-state index contributed by atoms with van der Waals surface area (Å²) in [5.41, 5.74) is 0. The van der Waals surface area contributed by atoms with Crippen molar-refractivity contribution in [3.05, 3.63) is 0 Å². The summed E-state index contributed by atoms with van der Waals surface area (Å²) in [6.07, 6.45) is 4.18. The largest absolute Gasteiger partial charge is 0.343 e. The zero-order valence-electron chi connectivity index (χ0n) is 11.1. The van der Waals surface area contributed by atoms with Crippen molar-refractivity contribution in [3.63, 3.8) is 0 Å². The lowest BCUT2D eigenvalue weighted by Crippen LogP contribution is -2.39. The Hall–Kier alpha value is -0.580. The molecule has 4 nitrogen and oxygen atoms in total. The maximum absolute atomic E-state index is 12.1. The zero-order chi connectivity index (χ0) is 13.2. The summed E-state index contributed by atoms with van der Waals surface area (Å²) in [5.74, 6) is 1.44. The Bertz CT molecular complexity index is 396. The van der Waals surface area contributed by atoms with Gasteiger partial charge in [-0.15, -0.1) is 0 Å². The molecule has 2 rings (SSSR count). The van der Waals surface area contributed by atoms with Crippen LogP contribution < -0.4 is 0 Å². The third-order valence-electron chi connectivity index (χ3n) is 4.16. The highest BCUT2D eigenvalue weighted by Gasteiger charge is 2.28. The van der Waals surface area contributed by atoms with Gasteiger partial charge in [-0.2, -0.15) is 0 Å². The minimum atomic E-state index is -2.89. The first-order chi connectivity index (χ1) is 8.46. The molecule has 0 aromatic rings. The fourth-order valence-electron chi connectivity index (χ4n) is 2.91. The molecule has 0 N–H and O–H groups in total. The fourth-order valence-corrected chi connectivity index (χ4v) is 4.69. The van der Waals surface area contributed by atoms with Crippen molar-refractivity contribution in [2.75, 3.05) is 24.6 Å². The van der Waals surface area contributed by atoms with Crippen LogP contribution in [0.15, 0.2) is 0 Å². The van der Waals surface area contributed by atoms with Crippen molar-refractivity contribution in [3.8, 4) is 0 Å². The number of amides is 1. The van der Waals surface area contributed by atoms with E-state index in [9.17, 15) is 13.2 Å². The van der Waals surface area contributed by atoms with Crippen LogP contribution in [0, 0.1) is 11.8 Å². The highest BCUT2D eigenvalue weighted by atomic mass is 32.2. The highest BCUT2D eigenvalue weighted by molar-refractivity contribution is 7.91. The van der Waals surface area contributed by atoms with Gasteiger partial charge in [0.05, 0.1) is 11.5 Å². The zero-order valence-corrected chi connectivity index (χ0v) is 11.9. The molecule has 0 aromatic carbocycles. The Balaban J connectivity index is 1.84. The summed E-state index contributed by atoms with van der Waals surface area (Å²) < 4.78 is 23.1. The van der Waals surface area contributed by atoms with E-state index in [-0.39, 0.29) is 17.6 Å². The van der Waals surface area contributed by atoms with Crippen molar-refractivity contribution < 1.29 is 13.2 Å². The molecule has 1 amide bonds. The quantitative estimate of drug-likeness (QED) is 0.765. The molecule has 0 bridgehead atoms. The molecular weight excluding hydrogens is 250 g/mol. The van der Waals surface area contributed by atoms with E-state index in [0.717, 1.165) is 38.8 Å². The molecule has 0 radical (unpaired) electrons. The van der Waals surface area contributed by atoms with Gasteiger partial charge >= 0.3 is 0 Å². The van der Waals surface area contributed by atoms with Crippen LogP contribution in [0.4, 0.5) is 0 Å². The fraction of sp³-hybridized carbons (Fsp3) is 0.923. The van der Waals surface area contributed by atoms with Gasteiger partial charge in [-0.25, -0.2) is 8.42 Å². The molecule has 18 heavy (non-hydrogen) atoms. The van der Waals surface area contributed by atoms with Crippen molar-refractivity contribution in [2.24, 2.45) is 11.8 Å². The predicted molar refractivity (Wildman–Crippen MR) is 71.0 cm³/mol. The Kier molecular flexibility index (Phi) is 4.30. The van der Waals surface area contributed by atoms with Gasteiger partial charge in [0.15, 0.2) is 9.84 Å². The molecule has 0 aromatic heterocycles. The second-order valence-electron chi connectivity index (χ2n) is 5.89. The Morgan fingerprint density at radius 3 is 2.50 bits per heavy atom.